The SMILES string of the molecule is CCC(Nc1c(Cl)c(C)nc2cc(F)c(-c3cnc(P(C)(C)=O)nc3)cc12)c1cccc(F)c1F. The van der Waals surface area contributed by atoms with Crippen LogP contribution in [0.15, 0.2) is 42.7 Å². The molecule has 0 aliphatic carbocycles. The molecule has 4 rings (SSSR count). The van der Waals surface area contributed by atoms with Crippen molar-refractivity contribution in [1.82, 2.24) is 15.0 Å². The van der Waals surface area contributed by atoms with Crippen LogP contribution in [-0.4, -0.2) is 28.3 Å². The highest BCUT2D eigenvalue weighted by Gasteiger charge is 2.22. The lowest BCUT2D eigenvalue weighted by Crippen LogP contribution is -2.14. The Morgan fingerprint density at radius 3 is 2.40 bits per heavy atom. The number of pyridine rings is 1. The van der Waals surface area contributed by atoms with Crippen molar-refractivity contribution in [3.8, 4) is 11.1 Å². The van der Waals surface area contributed by atoms with Gasteiger partial charge >= 0.3 is 0 Å². The Labute approximate surface area is 206 Å². The number of fused-ring (bicyclic) bond motifs is 1. The number of halogens is 4. The zero-order chi connectivity index (χ0) is 25.5. The van der Waals surface area contributed by atoms with Crippen LogP contribution in [0.1, 0.15) is 30.6 Å². The Balaban J connectivity index is 1.86. The van der Waals surface area contributed by atoms with E-state index >= 15 is 4.39 Å². The second-order valence-corrected chi connectivity index (χ2v) is 12.1. The Morgan fingerprint density at radius 2 is 1.77 bits per heavy atom. The van der Waals surface area contributed by atoms with Crippen molar-refractivity contribution in [2.75, 3.05) is 18.6 Å². The van der Waals surface area contributed by atoms with Crippen molar-refractivity contribution < 1.29 is 17.7 Å². The highest BCUT2D eigenvalue weighted by molar-refractivity contribution is 7.69. The first-order valence-corrected chi connectivity index (χ1v) is 13.9. The zero-order valence-corrected chi connectivity index (χ0v) is 21.2. The van der Waals surface area contributed by atoms with Gasteiger partial charge in [-0.2, -0.15) is 0 Å². The normalized spacial score (nSPS) is 12.7. The maximum Gasteiger partial charge on any atom is 0.188 e. The summed E-state index contributed by atoms with van der Waals surface area (Å²) in [5, 5.41) is 4.00. The molecule has 0 radical (unpaired) electrons. The van der Waals surface area contributed by atoms with E-state index < -0.39 is 30.6 Å². The van der Waals surface area contributed by atoms with Gasteiger partial charge in [0.25, 0.3) is 0 Å². The smallest absolute Gasteiger partial charge is 0.188 e. The van der Waals surface area contributed by atoms with E-state index in [2.05, 4.69) is 20.3 Å². The fourth-order valence-corrected chi connectivity index (χ4v) is 4.72. The minimum Gasteiger partial charge on any atom is -0.376 e. The molecule has 0 aliphatic heterocycles. The number of benzene rings is 2. The summed E-state index contributed by atoms with van der Waals surface area (Å²) in [6, 6.07) is 6.25. The second-order valence-electron chi connectivity index (χ2n) is 8.61. The van der Waals surface area contributed by atoms with Gasteiger partial charge in [-0.25, -0.2) is 23.1 Å². The van der Waals surface area contributed by atoms with Crippen LogP contribution in [0.5, 0.6) is 0 Å². The summed E-state index contributed by atoms with van der Waals surface area (Å²) in [5.41, 5.74) is 2.16. The molecule has 0 saturated heterocycles. The molecule has 5 nitrogen and oxygen atoms in total. The standard InChI is InChI=1S/C25H23ClF3N4OP/c1-5-20(15-7-6-8-18(27)23(15)29)33-24-17-9-16(14-11-30-25(31-12-14)35(3,4)34)19(28)10-21(17)32-13(2)22(24)26/h6-12,20H,5H2,1-4H3,(H,32,33). The molecule has 1 N–H and O–H groups in total. The third-order valence-corrected chi connectivity index (χ3v) is 7.35. The van der Waals surface area contributed by atoms with Gasteiger partial charge in [0, 0.05) is 40.5 Å². The van der Waals surface area contributed by atoms with E-state index in [1.807, 2.05) is 6.92 Å². The van der Waals surface area contributed by atoms with Crippen molar-refractivity contribution in [2.45, 2.75) is 26.3 Å². The minimum atomic E-state index is -2.67. The highest BCUT2D eigenvalue weighted by Crippen LogP contribution is 2.39. The summed E-state index contributed by atoms with van der Waals surface area (Å²) in [6.45, 7) is 6.62. The number of hydrogen-bond donors (Lipinski definition) is 1. The average Bonchev–Trinajstić information content (AvgIpc) is 2.81. The maximum atomic E-state index is 15.1. The van der Waals surface area contributed by atoms with E-state index in [0.29, 0.717) is 34.3 Å². The van der Waals surface area contributed by atoms with Crippen LogP contribution in [0.3, 0.4) is 0 Å². The molecule has 1 unspecified atom stereocenters. The molecule has 10 heteroatoms. The Hall–Kier alpha value is -2.96. The van der Waals surface area contributed by atoms with Gasteiger partial charge in [0.2, 0.25) is 0 Å². The van der Waals surface area contributed by atoms with Crippen LogP contribution in [0, 0.1) is 24.4 Å². The molecule has 0 saturated carbocycles. The van der Waals surface area contributed by atoms with E-state index in [1.54, 1.807) is 26.3 Å². The number of rotatable bonds is 6. The largest absolute Gasteiger partial charge is 0.376 e. The fraction of sp³-hybridized carbons (Fsp3) is 0.240. The monoisotopic (exact) mass is 518 g/mol. The number of nitrogens with one attached hydrogen (secondary N) is 1. The molecule has 0 spiro atoms. The number of aryl methyl sites for hydroxylation is 1. The Morgan fingerprint density at radius 1 is 1.09 bits per heavy atom. The topological polar surface area (TPSA) is 67.8 Å². The quantitative estimate of drug-likeness (QED) is 0.282. The molecule has 0 amide bonds. The van der Waals surface area contributed by atoms with Crippen molar-refractivity contribution in [3.63, 3.8) is 0 Å². The molecule has 4 aromatic rings. The molecular weight excluding hydrogens is 496 g/mol. The summed E-state index contributed by atoms with van der Waals surface area (Å²) < 4.78 is 55.8. The summed E-state index contributed by atoms with van der Waals surface area (Å²) in [6.07, 6.45) is 3.26. The lowest BCUT2D eigenvalue weighted by Gasteiger charge is -2.22. The summed E-state index contributed by atoms with van der Waals surface area (Å²) in [4.78, 5) is 12.7. The second kappa shape index (κ2) is 9.59. The number of aromatic nitrogens is 3. The van der Waals surface area contributed by atoms with Crippen molar-refractivity contribution in [1.29, 1.82) is 0 Å². The molecule has 182 valence electrons. The van der Waals surface area contributed by atoms with Gasteiger partial charge in [-0.1, -0.05) is 30.7 Å². The number of anilines is 1. The van der Waals surface area contributed by atoms with Gasteiger partial charge in [-0.15, -0.1) is 0 Å². The Kier molecular flexibility index (Phi) is 6.89. The lowest BCUT2D eigenvalue weighted by atomic mass is 10.0. The third-order valence-electron chi connectivity index (χ3n) is 5.69. The summed E-state index contributed by atoms with van der Waals surface area (Å²) >= 11 is 6.60. The first-order valence-electron chi connectivity index (χ1n) is 10.9. The van der Waals surface area contributed by atoms with E-state index in [0.717, 1.165) is 6.07 Å². The summed E-state index contributed by atoms with van der Waals surface area (Å²) in [7, 11) is -2.67. The molecule has 35 heavy (non-hydrogen) atoms. The molecule has 0 fully saturated rings. The van der Waals surface area contributed by atoms with Crippen LogP contribution in [0.4, 0.5) is 18.9 Å². The van der Waals surface area contributed by atoms with Crippen molar-refractivity contribution >= 4 is 40.9 Å². The van der Waals surface area contributed by atoms with Crippen LogP contribution in [0.2, 0.25) is 5.02 Å². The predicted molar refractivity (Wildman–Crippen MR) is 135 cm³/mol. The van der Waals surface area contributed by atoms with Gasteiger partial charge in [0.1, 0.15) is 13.0 Å². The molecular formula is C25H23ClF3N4OP. The molecule has 2 aromatic carbocycles. The first kappa shape index (κ1) is 25.1. The first-order chi connectivity index (χ1) is 16.5. The molecule has 1 atom stereocenters. The van der Waals surface area contributed by atoms with Gasteiger partial charge in [0.05, 0.1) is 28.0 Å². The van der Waals surface area contributed by atoms with Crippen molar-refractivity contribution in [3.05, 3.63) is 76.5 Å². The van der Waals surface area contributed by atoms with E-state index in [-0.39, 0.29) is 21.7 Å². The average molecular weight is 519 g/mol. The lowest BCUT2D eigenvalue weighted by molar-refractivity contribution is 0.490. The van der Waals surface area contributed by atoms with E-state index in [1.165, 1.54) is 30.6 Å². The van der Waals surface area contributed by atoms with Crippen LogP contribution in [-0.2, 0) is 4.57 Å². The van der Waals surface area contributed by atoms with Crippen LogP contribution in [0.25, 0.3) is 22.0 Å². The number of nitrogens with zero attached hydrogens (tertiary/aromatic N) is 3. The van der Waals surface area contributed by atoms with Crippen LogP contribution < -0.4 is 10.9 Å². The van der Waals surface area contributed by atoms with Gasteiger partial charge in [0.15, 0.2) is 17.2 Å². The van der Waals surface area contributed by atoms with Crippen molar-refractivity contribution in [2.24, 2.45) is 0 Å². The van der Waals surface area contributed by atoms with E-state index in [9.17, 15) is 13.3 Å². The minimum absolute atomic E-state index is 0.154. The summed E-state index contributed by atoms with van der Waals surface area (Å²) in [5.74, 6) is -2.43. The molecule has 0 aliphatic rings. The highest BCUT2D eigenvalue weighted by atomic mass is 35.5. The third kappa shape index (κ3) is 4.91. The molecule has 0 bridgehead atoms. The zero-order valence-electron chi connectivity index (χ0n) is 19.5. The van der Waals surface area contributed by atoms with E-state index in [4.69, 9.17) is 11.6 Å². The van der Waals surface area contributed by atoms with Gasteiger partial charge in [-0.3, -0.25) is 4.98 Å². The fourth-order valence-electron chi connectivity index (χ4n) is 3.85. The van der Waals surface area contributed by atoms with Crippen LogP contribution >= 0.6 is 18.7 Å². The Bertz CT molecular complexity index is 1470. The molecule has 2 heterocycles. The maximum absolute atomic E-state index is 15.1. The number of hydrogen-bond acceptors (Lipinski definition) is 5. The van der Waals surface area contributed by atoms with Gasteiger partial charge < -0.3 is 9.88 Å². The van der Waals surface area contributed by atoms with Gasteiger partial charge in [-0.05, 0) is 38.8 Å². The predicted octanol–water partition coefficient (Wildman–Crippen LogP) is 6.88. The molecule has 2 aromatic heterocycles.